The summed E-state index contributed by atoms with van der Waals surface area (Å²) in [6.07, 6.45) is 3.14. The van der Waals surface area contributed by atoms with Crippen molar-refractivity contribution in [2.75, 3.05) is 38.2 Å². The topological polar surface area (TPSA) is 44.4 Å². The van der Waals surface area contributed by atoms with Gasteiger partial charge in [0, 0.05) is 32.2 Å². The fourth-order valence-corrected chi connectivity index (χ4v) is 2.55. The van der Waals surface area contributed by atoms with Gasteiger partial charge in [-0.25, -0.2) is 0 Å². The van der Waals surface area contributed by atoms with E-state index in [-0.39, 0.29) is 18.0 Å². The summed E-state index contributed by atoms with van der Waals surface area (Å²) < 4.78 is 0. The third kappa shape index (κ3) is 5.27. The lowest BCUT2D eigenvalue weighted by Crippen LogP contribution is -2.53. The Morgan fingerprint density at radius 3 is 2.65 bits per heavy atom. The van der Waals surface area contributed by atoms with Crippen LogP contribution in [-0.2, 0) is 4.79 Å². The number of amides is 1. The van der Waals surface area contributed by atoms with E-state index in [2.05, 4.69) is 28.7 Å². The van der Waals surface area contributed by atoms with Gasteiger partial charge in [-0.15, -0.1) is 0 Å². The molecule has 0 aliphatic carbocycles. The summed E-state index contributed by atoms with van der Waals surface area (Å²) in [6, 6.07) is 0.272. The fraction of sp³-hybridized carbons (Fsp3) is 0.917. The van der Waals surface area contributed by atoms with Crippen LogP contribution in [0.1, 0.15) is 20.3 Å². The fourth-order valence-electron chi connectivity index (χ4n) is 1.97. The average molecular weight is 259 g/mol. The maximum absolute atomic E-state index is 12.0. The second-order valence-corrected chi connectivity index (χ2v) is 5.64. The average Bonchev–Trinajstić information content (AvgIpc) is 2.36. The molecule has 1 fully saturated rings. The molecule has 17 heavy (non-hydrogen) atoms. The van der Waals surface area contributed by atoms with Crippen LogP contribution in [0.2, 0.25) is 0 Å². The van der Waals surface area contributed by atoms with Crippen LogP contribution in [0.4, 0.5) is 0 Å². The molecule has 1 aliphatic rings. The maximum atomic E-state index is 12.0. The van der Waals surface area contributed by atoms with Crippen LogP contribution in [0.3, 0.4) is 0 Å². The number of piperazine rings is 1. The van der Waals surface area contributed by atoms with Crippen molar-refractivity contribution in [3.05, 3.63) is 0 Å². The third-order valence-electron chi connectivity index (χ3n) is 3.22. The van der Waals surface area contributed by atoms with Crippen molar-refractivity contribution in [1.82, 2.24) is 15.5 Å². The lowest BCUT2D eigenvalue weighted by atomic mass is 10.2. The summed E-state index contributed by atoms with van der Waals surface area (Å²) in [4.78, 5) is 14.3. The molecule has 2 N–H and O–H groups in total. The first-order valence-corrected chi connectivity index (χ1v) is 7.78. The lowest BCUT2D eigenvalue weighted by molar-refractivity contribution is -0.126. The number of hydrogen-bond donors (Lipinski definition) is 2. The maximum Gasteiger partial charge on any atom is 0.237 e. The molecule has 100 valence electrons. The van der Waals surface area contributed by atoms with E-state index in [0.717, 1.165) is 38.4 Å². The van der Waals surface area contributed by atoms with Crippen LogP contribution in [0.5, 0.6) is 0 Å². The van der Waals surface area contributed by atoms with Gasteiger partial charge in [-0.3, -0.25) is 9.69 Å². The van der Waals surface area contributed by atoms with E-state index in [0.29, 0.717) is 0 Å². The second kappa shape index (κ2) is 7.95. The summed E-state index contributed by atoms with van der Waals surface area (Å²) in [5.74, 6) is 1.27. The standard InChI is InChI=1S/C12H25N3OS/c1-10(4-9-17-3)14-12(16)11(2)15-7-5-13-6-8-15/h10-11,13H,4-9H2,1-3H3,(H,14,16). The van der Waals surface area contributed by atoms with Crippen LogP contribution < -0.4 is 10.6 Å². The SMILES string of the molecule is CSCCC(C)NC(=O)C(C)N1CCNCC1. The summed E-state index contributed by atoms with van der Waals surface area (Å²) in [5, 5.41) is 6.40. The molecule has 0 saturated carbocycles. The van der Waals surface area contributed by atoms with Gasteiger partial charge in [0.05, 0.1) is 6.04 Å². The zero-order chi connectivity index (χ0) is 12.7. The van der Waals surface area contributed by atoms with Crippen LogP contribution in [0.15, 0.2) is 0 Å². The monoisotopic (exact) mass is 259 g/mol. The van der Waals surface area contributed by atoms with Crippen molar-refractivity contribution in [3.63, 3.8) is 0 Å². The molecule has 4 nitrogen and oxygen atoms in total. The Balaban J connectivity index is 2.29. The molecule has 2 atom stereocenters. The molecule has 0 aromatic rings. The summed E-state index contributed by atoms with van der Waals surface area (Å²) in [5.41, 5.74) is 0. The normalized spacial score (nSPS) is 20.9. The highest BCUT2D eigenvalue weighted by atomic mass is 32.2. The largest absolute Gasteiger partial charge is 0.352 e. The number of thioether (sulfide) groups is 1. The number of hydrogen-bond acceptors (Lipinski definition) is 4. The first-order chi connectivity index (χ1) is 8.15. The van der Waals surface area contributed by atoms with E-state index in [1.807, 2.05) is 18.7 Å². The molecule has 2 unspecified atom stereocenters. The van der Waals surface area contributed by atoms with E-state index in [1.54, 1.807) is 0 Å². The van der Waals surface area contributed by atoms with Crippen molar-refractivity contribution in [3.8, 4) is 0 Å². The van der Waals surface area contributed by atoms with E-state index >= 15 is 0 Å². The Morgan fingerprint density at radius 1 is 1.41 bits per heavy atom. The molecule has 1 rings (SSSR count). The number of carbonyl (C=O) groups excluding carboxylic acids is 1. The Hall–Kier alpha value is -0.260. The molecular weight excluding hydrogens is 234 g/mol. The van der Waals surface area contributed by atoms with E-state index in [9.17, 15) is 4.79 Å². The van der Waals surface area contributed by atoms with Gasteiger partial charge in [-0.2, -0.15) is 11.8 Å². The molecule has 1 aliphatic heterocycles. The smallest absolute Gasteiger partial charge is 0.237 e. The van der Waals surface area contributed by atoms with Crippen LogP contribution in [-0.4, -0.2) is 61.1 Å². The van der Waals surface area contributed by atoms with E-state index in [4.69, 9.17) is 0 Å². The van der Waals surface area contributed by atoms with Crippen molar-refractivity contribution >= 4 is 17.7 Å². The summed E-state index contributed by atoms with van der Waals surface area (Å²) >= 11 is 1.82. The number of rotatable bonds is 6. The van der Waals surface area contributed by atoms with Crippen LogP contribution in [0.25, 0.3) is 0 Å². The lowest BCUT2D eigenvalue weighted by Gasteiger charge is -2.32. The Morgan fingerprint density at radius 2 is 2.06 bits per heavy atom. The Bertz CT molecular complexity index is 232. The van der Waals surface area contributed by atoms with Crippen molar-refractivity contribution in [2.45, 2.75) is 32.4 Å². The van der Waals surface area contributed by atoms with Crippen molar-refractivity contribution in [1.29, 1.82) is 0 Å². The highest BCUT2D eigenvalue weighted by Gasteiger charge is 2.23. The number of nitrogens with one attached hydrogen (secondary N) is 2. The van der Waals surface area contributed by atoms with Gasteiger partial charge in [0.15, 0.2) is 0 Å². The van der Waals surface area contributed by atoms with Crippen molar-refractivity contribution in [2.24, 2.45) is 0 Å². The van der Waals surface area contributed by atoms with Crippen LogP contribution in [0, 0.1) is 0 Å². The highest BCUT2D eigenvalue weighted by Crippen LogP contribution is 2.04. The van der Waals surface area contributed by atoms with E-state index in [1.165, 1.54) is 0 Å². The predicted octanol–water partition coefficient (Wildman–Crippen LogP) is 0.538. The first kappa shape index (κ1) is 14.8. The van der Waals surface area contributed by atoms with Gasteiger partial charge in [-0.05, 0) is 32.3 Å². The molecule has 1 heterocycles. The van der Waals surface area contributed by atoms with Crippen LogP contribution >= 0.6 is 11.8 Å². The first-order valence-electron chi connectivity index (χ1n) is 6.39. The molecular formula is C12H25N3OS. The number of carbonyl (C=O) groups is 1. The van der Waals surface area contributed by atoms with E-state index < -0.39 is 0 Å². The Kier molecular flexibility index (Phi) is 6.92. The quantitative estimate of drug-likeness (QED) is 0.731. The van der Waals surface area contributed by atoms with Gasteiger partial charge in [0.25, 0.3) is 0 Å². The predicted molar refractivity (Wildman–Crippen MR) is 74.5 cm³/mol. The Labute approximate surface area is 109 Å². The van der Waals surface area contributed by atoms with Gasteiger partial charge in [0.1, 0.15) is 0 Å². The second-order valence-electron chi connectivity index (χ2n) is 4.65. The highest BCUT2D eigenvalue weighted by molar-refractivity contribution is 7.98. The molecule has 0 radical (unpaired) electrons. The minimum absolute atomic E-state index is 0.00571. The molecule has 5 heteroatoms. The summed E-state index contributed by atoms with van der Waals surface area (Å²) in [7, 11) is 0. The summed E-state index contributed by atoms with van der Waals surface area (Å²) in [6.45, 7) is 7.99. The zero-order valence-electron chi connectivity index (χ0n) is 11.2. The zero-order valence-corrected chi connectivity index (χ0v) is 12.0. The van der Waals surface area contributed by atoms with Gasteiger partial charge < -0.3 is 10.6 Å². The molecule has 0 spiro atoms. The molecule has 0 aromatic heterocycles. The number of nitrogens with zero attached hydrogens (tertiary/aromatic N) is 1. The van der Waals surface area contributed by atoms with Gasteiger partial charge in [0.2, 0.25) is 5.91 Å². The minimum atomic E-state index is -0.00571. The minimum Gasteiger partial charge on any atom is -0.352 e. The van der Waals surface area contributed by atoms with Crippen molar-refractivity contribution < 1.29 is 4.79 Å². The molecule has 0 aromatic carbocycles. The molecule has 0 bridgehead atoms. The molecule has 1 saturated heterocycles. The van der Waals surface area contributed by atoms with Gasteiger partial charge in [-0.1, -0.05) is 0 Å². The van der Waals surface area contributed by atoms with Gasteiger partial charge >= 0.3 is 0 Å². The molecule has 1 amide bonds. The third-order valence-corrected chi connectivity index (χ3v) is 3.87.